The first kappa shape index (κ1) is 10.1. The van der Waals surface area contributed by atoms with Gasteiger partial charge in [0.25, 0.3) is 0 Å². The summed E-state index contributed by atoms with van der Waals surface area (Å²) in [6.07, 6.45) is 6.36. The van der Waals surface area contributed by atoms with Crippen molar-refractivity contribution >= 4 is 27.1 Å². The number of benzene rings is 1. The van der Waals surface area contributed by atoms with Crippen LogP contribution in [0.3, 0.4) is 0 Å². The molecule has 1 aromatic heterocycles. The number of fused-ring (bicyclic) bond motifs is 1. The Morgan fingerprint density at radius 2 is 2.33 bits per heavy atom. The lowest BCUT2D eigenvalue weighted by Crippen LogP contribution is -2.15. The van der Waals surface area contributed by atoms with E-state index in [4.69, 9.17) is 6.42 Å². The average Bonchev–Trinajstić information content (AvgIpc) is 2.73. The Balaban J connectivity index is 2.25. The molecule has 0 aliphatic heterocycles. The van der Waals surface area contributed by atoms with Gasteiger partial charge in [0, 0.05) is 10.4 Å². The van der Waals surface area contributed by atoms with Crippen molar-refractivity contribution in [3.8, 4) is 12.3 Å². The molecule has 0 fully saturated rings. The van der Waals surface area contributed by atoms with Gasteiger partial charge in [-0.2, -0.15) is 0 Å². The molecule has 1 N–H and O–H groups in total. The average molecular weight is 215 g/mol. The topological polar surface area (TPSA) is 12.0 Å². The molecule has 0 saturated carbocycles. The van der Waals surface area contributed by atoms with Crippen LogP contribution in [0.15, 0.2) is 29.6 Å². The maximum Gasteiger partial charge on any atom is 0.0871 e. The maximum atomic E-state index is 5.41. The molecule has 2 heteroatoms. The van der Waals surface area contributed by atoms with Crippen LogP contribution >= 0.6 is 11.3 Å². The van der Waals surface area contributed by atoms with Crippen LogP contribution in [0.5, 0.6) is 0 Å². The van der Waals surface area contributed by atoms with Gasteiger partial charge in [-0.05, 0) is 41.5 Å². The molecule has 15 heavy (non-hydrogen) atoms. The molecule has 1 aromatic carbocycles. The Hall–Kier alpha value is -1.46. The van der Waals surface area contributed by atoms with E-state index in [9.17, 15) is 0 Å². The summed E-state index contributed by atoms with van der Waals surface area (Å²) in [5, 5.41) is 6.71. The third-order valence-electron chi connectivity index (χ3n) is 2.40. The highest BCUT2D eigenvalue weighted by Crippen LogP contribution is 2.24. The van der Waals surface area contributed by atoms with Crippen LogP contribution in [0.1, 0.15) is 13.3 Å². The summed E-state index contributed by atoms with van der Waals surface area (Å²) in [7, 11) is 0. The standard InChI is InChI=1S/C13H13NS/c1-3-11(4-2)14-12-5-6-13-10(9-12)7-8-15-13/h1,5-9,11,14H,4H2,2H3. The lowest BCUT2D eigenvalue weighted by Gasteiger charge is -2.11. The van der Waals surface area contributed by atoms with E-state index >= 15 is 0 Å². The zero-order valence-corrected chi connectivity index (χ0v) is 9.47. The molecular weight excluding hydrogens is 202 g/mol. The monoisotopic (exact) mass is 215 g/mol. The lowest BCUT2D eigenvalue weighted by atomic mass is 10.2. The van der Waals surface area contributed by atoms with Crippen molar-refractivity contribution in [2.75, 3.05) is 5.32 Å². The molecule has 0 aliphatic rings. The Bertz CT molecular complexity index is 492. The van der Waals surface area contributed by atoms with Gasteiger partial charge < -0.3 is 5.32 Å². The van der Waals surface area contributed by atoms with Crippen LogP contribution in [0, 0.1) is 12.3 Å². The zero-order valence-electron chi connectivity index (χ0n) is 8.66. The molecule has 0 bridgehead atoms. The Morgan fingerprint density at radius 3 is 3.07 bits per heavy atom. The lowest BCUT2D eigenvalue weighted by molar-refractivity contribution is 0.858. The van der Waals surface area contributed by atoms with Gasteiger partial charge >= 0.3 is 0 Å². The fourth-order valence-corrected chi connectivity index (χ4v) is 2.29. The second-order valence-corrected chi connectivity index (χ2v) is 4.39. The number of rotatable bonds is 3. The van der Waals surface area contributed by atoms with Crippen molar-refractivity contribution in [2.24, 2.45) is 0 Å². The molecule has 0 saturated heterocycles. The molecule has 1 atom stereocenters. The summed E-state index contributed by atoms with van der Waals surface area (Å²) in [4.78, 5) is 0. The highest BCUT2D eigenvalue weighted by atomic mass is 32.1. The van der Waals surface area contributed by atoms with E-state index in [0.717, 1.165) is 12.1 Å². The van der Waals surface area contributed by atoms with Gasteiger partial charge in [0.05, 0.1) is 6.04 Å². The van der Waals surface area contributed by atoms with Crippen molar-refractivity contribution < 1.29 is 0 Å². The molecule has 1 nitrogen and oxygen atoms in total. The van der Waals surface area contributed by atoms with Crippen LogP contribution in [0.2, 0.25) is 0 Å². The number of anilines is 1. The molecule has 1 heterocycles. The summed E-state index contributed by atoms with van der Waals surface area (Å²) < 4.78 is 1.31. The second-order valence-electron chi connectivity index (χ2n) is 3.45. The van der Waals surface area contributed by atoms with Gasteiger partial charge in [-0.1, -0.05) is 12.8 Å². The van der Waals surface area contributed by atoms with Crippen molar-refractivity contribution in [1.82, 2.24) is 0 Å². The molecule has 76 valence electrons. The second kappa shape index (κ2) is 4.37. The Kier molecular flexibility index (Phi) is 2.94. The number of thiophene rings is 1. The fraction of sp³-hybridized carbons (Fsp3) is 0.231. The minimum Gasteiger partial charge on any atom is -0.372 e. The Labute approximate surface area is 94.1 Å². The minimum atomic E-state index is 0.126. The van der Waals surface area contributed by atoms with Crippen LogP contribution in [0.4, 0.5) is 5.69 Å². The van der Waals surface area contributed by atoms with E-state index < -0.39 is 0 Å². The summed E-state index contributed by atoms with van der Waals surface area (Å²) in [6, 6.07) is 8.61. The normalized spacial score (nSPS) is 12.3. The minimum absolute atomic E-state index is 0.126. The number of hydrogen-bond acceptors (Lipinski definition) is 2. The van der Waals surface area contributed by atoms with Crippen molar-refractivity contribution in [3.63, 3.8) is 0 Å². The van der Waals surface area contributed by atoms with Gasteiger partial charge in [0.2, 0.25) is 0 Å². The summed E-state index contributed by atoms with van der Waals surface area (Å²) in [5.74, 6) is 2.73. The van der Waals surface area contributed by atoms with Crippen LogP contribution in [-0.4, -0.2) is 6.04 Å². The SMILES string of the molecule is C#CC(CC)Nc1ccc2sccc2c1. The molecule has 0 radical (unpaired) electrons. The molecule has 0 aliphatic carbocycles. The molecule has 0 amide bonds. The van der Waals surface area contributed by atoms with E-state index in [-0.39, 0.29) is 6.04 Å². The fourth-order valence-electron chi connectivity index (χ4n) is 1.52. The molecule has 1 unspecified atom stereocenters. The molecule has 2 aromatic rings. The zero-order chi connectivity index (χ0) is 10.7. The largest absolute Gasteiger partial charge is 0.372 e. The summed E-state index contributed by atoms with van der Waals surface area (Å²) in [6.45, 7) is 2.08. The van der Waals surface area contributed by atoms with Crippen molar-refractivity contribution in [2.45, 2.75) is 19.4 Å². The maximum absolute atomic E-state index is 5.41. The first-order valence-corrected chi connectivity index (χ1v) is 5.91. The summed E-state index contributed by atoms with van der Waals surface area (Å²) >= 11 is 1.76. The van der Waals surface area contributed by atoms with Crippen molar-refractivity contribution in [1.29, 1.82) is 0 Å². The van der Waals surface area contributed by atoms with E-state index in [1.165, 1.54) is 10.1 Å². The van der Waals surface area contributed by atoms with Gasteiger partial charge in [-0.25, -0.2) is 0 Å². The van der Waals surface area contributed by atoms with Gasteiger partial charge in [0.15, 0.2) is 0 Å². The van der Waals surface area contributed by atoms with Crippen LogP contribution < -0.4 is 5.32 Å². The van der Waals surface area contributed by atoms with E-state index in [2.05, 4.69) is 47.8 Å². The number of terminal acetylenes is 1. The third kappa shape index (κ3) is 2.14. The molecule has 2 rings (SSSR count). The van der Waals surface area contributed by atoms with Gasteiger partial charge in [0.1, 0.15) is 0 Å². The smallest absolute Gasteiger partial charge is 0.0871 e. The van der Waals surface area contributed by atoms with Crippen LogP contribution in [-0.2, 0) is 0 Å². The van der Waals surface area contributed by atoms with E-state index in [1.54, 1.807) is 11.3 Å². The van der Waals surface area contributed by atoms with Gasteiger partial charge in [-0.3, -0.25) is 0 Å². The quantitative estimate of drug-likeness (QED) is 0.769. The predicted octanol–water partition coefficient (Wildman–Crippen LogP) is 3.73. The van der Waals surface area contributed by atoms with E-state index in [0.29, 0.717) is 0 Å². The highest BCUT2D eigenvalue weighted by Gasteiger charge is 2.02. The molecular formula is C13H13NS. The Morgan fingerprint density at radius 1 is 1.47 bits per heavy atom. The first-order chi connectivity index (χ1) is 7.33. The highest BCUT2D eigenvalue weighted by molar-refractivity contribution is 7.17. The predicted molar refractivity (Wildman–Crippen MR) is 68.4 cm³/mol. The van der Waals surface area contributed by atoms with Crippen molar-refractivity contribution in [3.05, 3.63) is 29.6 Å². The molecule has 0 spiro atoms. The van der Waals surface area contributed by atoms with Crippen LogP contribution in [0.25, 0.3) is 10.1 Å². The summed E-state index contributed by atoms with van der Waals surface area (Å²) in [5.41, 5.74) is 1.10. The number of nitrogens with one attached hydrogen (secondary N) is 1. The van der Waals surface area contributed by atoms with Gasteiger partial charge in [-0.15, -0.1) is 17.8 Å². The number of hydrogen-bond donors (Lipinski definition) is 1. The van der Waals surface area contributed by atoms with E-state index in [1.807, 2.05) is 0 Å². The third-order valence-corrected chi connectivity index (χ3v) is 3.30. The first-order valence-electron chi connectivity index (χ1n) is 5.03.